The minimum atomic E-state index is -0.408. The molecule has 0 N–H and O–H groups in total. The van der Waals surface area contributed by atoms with Crippen molar-refractivity contribution in [1.29, 1.82) is 0 Å². The second-order valence-electron chi connectivity index (χ2n) is 7.96. The van der Waals surface area contributed by atoms with Crippen LogP contribution in [-0.2, 0) is 11.2 Å². The molecule has 1 unspecified atom stereocenters. The Hall–Kier alpha value is -3.44. The van der Waals surface area contributed by atoms with E-state index >= 15 is 0 Å². The lowest BCUT2D eigenvalue weighted by molar-refractivity contribution is -0.133. The maximum Gasteiger partial charge on any atom is 0.266 e. The van der Waals surface area contributed by atoms with E-state index in [0.29, 0.717) is 40.4 Å². The molecule has 0 aliphatic heterocycles. The van der Waals surface area contributed by atoms with Gasteiger partial charge in [0.05, 0.1) is 22.6 Å². The molecule has 33 heavy (non-hydrogen) atoms. The maximum absolute atomic E-state index is 13.6. The lowest BCUT2D eigenvalue weighted by atomic mass is 10.1. The van der Waals surface area contributed by atoms with Crippen LogP contribution in [-0.4, -0.2) is 26.9 Å². The van der Waals surface area contributed by atoms with E-state index in [4.69, 9.17) is 16.6 Å². The van der Waals surface area contributed by atoms with Gasteiger partial charge in [-0.25, -0.2) is 4.98 Å². The largest absolute Gasteiger partial charge is 0.332 e. The van der Waals surface area contributed by atoms with E-state index in [0.717, 1.165) is 12.0 Å². The third-order valence-electron chi connectivity index (χ3n) is 5.83. The molecule has 0 saturated heterocycles. The zero-order valence-electron chi connectivity index (χ0n) is 18.7. The fourth-order valence-corrected chi connectivity index (χ4v) is 4.17. The zero-order chi connectivity index (χ0) is 23.4. The molecular formula is C27H26ClN3O2. The van der Waals surface area contributed by atoms with Gasteiger partial charge in [-0.2, -0.15) is 0 Å². The van der Waals surface area contributed by atoms with Gasteiger partial charge in [0.15, 0.2) is 0 Å². The number of hydrogen-bond donors (Lipinski definition) is 0. The molecule has 0 aliphatic carbocycles. The Morgan fingerprint density at radius 3 is 2.36 bits per heavy atom. The molecular weight excluding hydrogens is 434 g/mol. The van der Waals surface area contributed by atoms with Gasteiger partial charge >= 0.3 is 0 Å². The summed E-state index contributed by atoms with van der Waals surface area (Å²) in [4.78, 5) is 33.2. The Bertz CT molecular complexity index is 1320. The number of para-hydroxylation sites is 1. The van der Waals surface area contributed by atoms with E-state index in [2.05, 4.69) is 12.1 Å². The van der Waals surface area contributed by atoms with Crippen LogP contribution in [0.2, 0.25) is 5.02 Å². The molecule has 1 atom stereocenters. The van der Waals surface area contributed by atoms with Crippen molar-refractivity contribution in [3.05, 3.63) is 106 Å². The van der Waals surface area contributed by atoms with E-state index in [9.17, 15) is 9.59 Å². The molecule has 168 valence electrons. The monoisotopic (exact) mass is 459 g/mol. The first-order valence-corrected chi connectivity index (χ1v) is 11.5. The summed E-state index contributed by atoms with van der Waals surface area (Å²) in [6.07, 6.45) is 1.09. The van der Waals surface area contributed by atoms with Crippen LogP contribution in [0.5, 0.6) is 0 Å². The Balaban J connectivity index is 1.82. The number of amides is 1. The van der Waals surface area contributed by atoms with Gasteiger partial charge in [0.2, 0.25) is 5.91 Å². The predicted octanol–water partition coefficient (Wildman–Crippen LogP) is 5.58. The standard InChI is InChI=1S/C27H26ClN3O2/c1-3-25(32)30(18-17-20-9-5-4-6-10-20)19(2)26-29-24-12-8-7-11-23(24)27(33)31(26)22-15-13-21(28)14-16-22/h4-16,19H,3,17-18H2,1-2H3. The summed E-state index contributed by atoms with van der Waals surface area (Å²) >= 11 is 6.09. The van der Waals surface area contributed by atoms with Gasteiger partial charge < -0.3 is 4.90 Å². The number of halogens is 1. The average molecular weight is 460 g/mol. The van der Waals surface area contributed by atoms with Crippen LogP contribution in [0.1, 0.15) is 37.7 Å². The van der Waals surface area contributed by atoms with Crippen molar-refractivity contribution in [2.75, 3.05) is 6.54 Å². The van der Waals surface area contributed by atoms with Crippen LogP contribution in [0, 0.1) is 0 Å². The molecule has 4 aromatic rings. The first-order chi connectivity index (χ1) is 16.0. The zero-order valence-corrected chi connectivity index (χ0v) is 19.5. The van der Waals surface area contributed by atoms with Crippen molar-refractivity contribution in [2.45, 2.75) is 32.7 Å². The van der Waals surface area contributed by atoms with Gasteiger partial charge in [-0.05, 0) is 55.3 Å². The van der Waals surface area contributed by atoms with Crippen molar-refractivity contribution in [3.8, 4) is 5.69 Å². The number of hydrogen-bond acceptors (Lipinski definition) is 3. The summed E-state index contributed by atoms with van der Waals surface area (Å²) in [5.74, 6) is 0.541. The Labute approximate surface area is 198 Å². The highest BCUT2D eigenvalue weighted by atomic mass is 35.5. The lowest BCUT2D eigenvalue weighted by Gasteiger charge is -2.30. The highest BCUT2D eigenvalue weighted by molar-refractivity contribution is 6.30. The molecule has 3 aromatic carbocycles. The molecule has 1 amide bonds. The molecule has 0 radical (unpaired) electrons. The number of carbonyl (C=O) groups excluding carboxylic acids is 1. The number of rotatable bonds is 7. The second kappa shape index (κ2) is 10.0. The van der Waals surface area contributed by atoms with Crippen molar-refractivity contribution in [2.24, 2.45) is 0 Å². The number of nitrogens with zero attached hydrogens (tertiary/aromatic N) is 3. The Kier molecular flexibility index (Phi) is 6.90. The van der Waals surface area contributed by atoms with Crippen LogP contribution in [0.3, 0.4) is 0 Å². The molecule has 0 fully saturated rings. The third kappa shape index (κ3) is 4.83. The molecule has 5 nitrogen and oxygen atoms in total. The summed E-state index contributed by atoms with van der Waals surface area (Å²) in [6.45, 7) is 4.31. The topological polar surface area (TPSA) is 55.2 Å². The molecule has 6 heteroatoms. The third-order valence-corrected chi connectivity index (χ3v) is 6.09. The number of benzene rings is 3. The highest BCUT2D eigenvalue weighted by Gasteiger charge is 2.26. The van der Waals surface area contributed by atoms with Gasteiger partial charge in [0.25, 0.3) is 5.56 Å². The fraction of sp³-hybridized carbons (Fsp3) is 0.222. The van der Waals surface area contributed by atoms with Crippen LogP contribution in [0.15, 0.2) is 83.7 Å². The molecule has 4 rings (SSSR count). The SMILES string of the molecule is CCC(=O)N(CCc1ccccc1)C(C)c1nc2ccccc2c(=O)n1-c1ccc(Cl)cc1. The number of fused-ring (bicyclic) bond motifs is 1. The first-order valence-electron chi connectivity index (χ1n) is 11.1. The predicted molar refractivity (Wildman–Crippen MR) is 133 cm³/mol. The first kappa shape index (κ1) is 22.7. The molecule has 0 aliphatic rings. The quantitative estimate of drug-likeness (QED) is 0.362. The summed E-state index contributed by atoms with van der Waals surface area (Å²) in [5, 5.41) is 1.11. The average Bonchev–Trinajstić information content (AvgIpc) is 2.85. The second-order valence-corrected chi connectivity index (χ2v) is 8.39. The summed E-state index contributed by atoms with van der Waals surface area (Å²) in [7, 11) is 0. The maximum atomic E-state index is 13.6. The van der Waals surface area contributed by atoms with Crippen LogP contribution in [0.25, 0.3) is 16.6 Å². The number of carbonyl (C=O) groups is 1. The van der Waals surface area contributed by atoms with E-state index in [-0.39, 0.29) is 11.5 Å². The molecule has 1 aromatic heterocycles. The fourth-order valence-electron chi connectivity index (χ4n) is 4.04. The van der Waals surface area contributed by atoms with Crippen LogP contribution in [0.4, 0.5) is 0 Å². The smallest absolute Gasteiger partial charge is 0.266 e. The minimum absolute atomic E-state index is 0.0171. The van der Waals surface area contributed by atoms with E-state index in [1.165, 1.54) is 0 Å². The summed E-state index contributed by atoms with van der Waals surface area (Å²) in [5.41, 5.74) is 2.26. The van der Waals surface area contributed by atoms with E-state index in [1.807, 2.05) is 55.1 Å². The van der Waals surface area contributed by atoms with Crippen molar-refractivity contribution < 1.29 is 4.79 Å². The molecule has 0 spiro atoms. The van der Waals surface area contributed by atoms with Crippen LogP contribution < -0.4 is 5.56 Å². The molecule has 1 heterocycles. The molecule has 0 saturated carbocycles. The molecule has 0 bridgehead atoms. The normalized spacial score (nSPS) is 12.0. The Morgan fingerprint density at radius 1 is 1.00 bits per heavy atom. The highest BCUT2D eigenvalue weighted by Crippen LogP contribution is 2.24. The van der Waals surface area contributed by atoms with Crippen molar-refractivity contribution in [1.82, 2.24) is 14.5 Å². The van der Waals surface area contributed by atoms with Gasteiger partial charge in [0.1, 0.15) is 5.82 Å². The van der Waals surface area contributed by atoms with Gasteiger partial charge in [-0.3, -0.25) is 14.2 Å². The van der Waals surface area contributed by atoms with Crippen molar-refractivity contribution in [3.63, 3.8) is 0 Å². The number of aromatic nitrogens is 2. The van der Waals surface area contributed by atoms with Gasteiger partial charge in [-0.1, -0.05) is 61.0 Å². The van der Waals surface area contributed by atoms with Crippen LogP contribution >= 0.6 is 11.6 Å². The Morgan fingerprint density at radius 2 is 1.67 bits per heavy atom. The van der Waals surface area contributed by atoms with Crippen molar-refractivity contribution >= 4 is 28.4 Å². The van der Waals surface area contributed by atoms with Gasteiger partial charge in [0, 0.05) is 18.0 Å². The summed E-state index contributed by atoms with van der Waals surface area (Å²) < 4.78 is 1.60. The van der Waals surface area contributed by atoms with Gasteiger partial charge in [-0.15, -0.1) is 0 Å². The summed E-state index contributed by atoms with van der Waals surface area (Å²) in [6, 6.07) is 24.0. The lowest BCUT2D eigenvalue weighted by Crippen LogP contribution is -2.38. The van der Waals surface area contributed by atoms with E-state index < -0.39 is 6.04 Å². The minimum Gasteiger partial charge on any atom is -0.332 e. The van der Waals surface area contributed by atoms with E-state index in [1.54, 1.807) is 34.9 Å².